The summed E-state index contributed by atoms with van der Waals surface area (Å²) in [5, 5.41) is 6.06. The lowest BCUT2D eigenvalue weighted by molar-refractivity contribution is 0.415. The van der Waals surface area contributed by atoms with Gasteiger partial charge in [0.1, 0.15) is 5.75 Å². The van der Waals surface area contributed by atoms with Gasteiger partial charge in [-0.2, -0.15) is 0 Å². The van der Waals surface area contributed by atoms with E-state index in [-0.39, 0.29) is 5.82 Å². The normalized spacial score (nSPS) is 10.4. The number of nitrogens with two attached hydrogens (primary N) is 1. The van der Waals surface area contributed by atoms with Gasteiger partial charge in [0.15, 0.2) is 0 Å². The zero-order valence-electron chi connectivity index (χ0n) is 11.6. The SMILES string of the molecule is COc1ccccc1N(CCCN)c1n[nH]c(=O)[nH]c1=O. The number of H-pyrrole nitrogens is 2. The van der Waals surface area contributed by atoms with Crippen LogP contribution >= 0.6 is 0 Å². The molecule has 8 nitrogen and oxygen atoms in total. The van der Waals surface area contributed by atoms with E-state index in [1.54, 1.807) is 18.1 Å². The molecule has 0 aliphatic rings. The van der Waals surface area contributed by atoms with Gasteiger partial charge < -0.3 is 15.4 Å². The second-order valence-electron chi connectivity index (χ2n) is 4.30. The number of ether oxygens (including phenoxy) is 1. The molecule has 0 unspecified atom stereocenters. The highest BCUT2D eigenvalue weighted by atomic mass is 16.5. The van der Waals surface area contributed by atoms with Crippen molar-refractivity contribution >= 4 is 11.5 Å². The third kappa shape index (κ3) is 3.29. The van der Waals surface area contributed by atoms with E-state index in [2.05, 4.69) is 15.2 Å². The number of benzene rings is 1. The molecule has 1 aromatic heterocycles. The quantitative estimate of drug-likeness (QED) is 0.687. The first-order valence-corrected chi connectivity index (χ1v) is 6.47. The molecule has 0 amide bonds. The van der Waals surface area contributed by atoms with E-state index in [1.165, 1.54) is 0 Å². The molecule has 0 saturated carbocycles. The number of nitrogens with zero attached hydrogens (tertiary/aromatic N) is 2. The first-order chi connectivity index (χ1) is 10.2. The Kier molecular flexibility index (Phi) is 4.72. The Morgan fingerprint density at radius 2 is 2.10 bits per heavy atom. The summed E-state index contributed by atoms with van der Waals surface area (Å²) in [6, 6.07) is 7.24. The Hall–Kier alpha value is -2.61. The molecule has 0 aliphatic heterocycles. The van der Waals surface area contributed by atoms with Crippen LogP contribution in [0.5, 0.6) is 5.75 Å². The van der Waals surface area contributed by atoms with E-state index in [9.17, 15) is 9.59 Å². The zero-order chi connectivity index (χ0) is 15.2. The van der Waals surface area contributed by atoms with Crippen LogP contribution < -0.4 is 26.6 Å². The summed E-state index contributed by atoms with van der Waals surface area (Å²) in [6.07, 6.45) is 0.651. The van der Waals surface area contributed by atoms with E-state index >= 15 is 0 Å². The van der Waals surface area contributed by atoms with Crippen molar-refractivity contribution in [2.24, 2.45) is 5.73 Å². The van der Waals surface area contributed by atoms with Crippen LogP contribution in [0.25, 0.3) is 0 Å². The average Bonchev–Trinajstić information content (AvgIpc) is 2.49. The molecule has 0 saturated heterocycles. The predicted molar refractivity (Wildman–Crippen MR) is 79.1 cm³/mol. The molecule has 2 rings (SSSR count). The molecule has 4 N–H and O–H groups in total. The van der Waals surface area contributed by atoms with Crippen LogP contribution in [-0.2, 0) is 0 Å². The Labute approximate surface area is 120 Å². The number of nitrogens with one attached hydrogen (secondary N) is 2. The molecule has 1 heterocycles. The fraction of sp³-hybridized carbons (Fsp3) is 0.308. The van der Waals surface area contributed by atoms with Crippen molar-refractivity contribution < 1.29 is 4.74 Å². The molecule has 1 aromatic carbocycles. The molecule has 0 fully saturated rings. The van der Waals surface area contributed by atoms with Crippen LogP contribution in [0.4, 0.5) is 11.5 Å². The Morgan fingerprint density at radius 1 is 1.33 bits per heavy atom. The summed E-state index contributed by atoms with van der Waals surface area (Å²) in [5.74, 6) is 0.689. The van der Waals surface area contributed by atoms with Crippen LogP contribution in [-0.4, -0.2) is 35.4 Å². The maximum absolute atomic E-state index is 12.0. The number of methoxy groups -OCH3 is 1. The second-order valence-corrected chi connectivity index (χ2v) is 4.30. The van der Waals surface area contributed by atoms with Crippen LogP contribution in [0, 0.1) is 0 Å². The summed E-state index contributed by atoms with van der Waals surface area (Å²) in [4.78, 5) is 26.9. The number of hydrogen-bond donors (Lipinski definition) is 3. The number of aromatic nitrogens is 3. The molecule has 0 aliphatic carbocycles. The predicted octanol–water partition coefficient (Wildman–Crippen LogP) is -0.0463. The summed E-state index contributed by atoms with van der Waals surface area (Å²) in [5.41, 5.74) is 5.00. The molecular weight excluding hydrogens is 274 g/mol. The van der Waals surface area contributed by atoms with Crippen molar-refractivity contribution in [1.29, 1.82) is 0 Å². The number of rotatable bonds is 6. The monoisotopic (exact) mass is 291 g/mol. The third-order valence-corrected chi connectivity index (χ3v) is 2.91. The van der Waals surface area contributed by atoms with Crippen molar-refractivity contribution in [3.63, 3.8) is 0 Å². The Bertz CT molecular complexity index is 709. The molecule has 0 spiro atoms. The van der Waals surface area contributed by atoms with Gasteiger partial charge in [-0.3, -0.25) is 9.78 Å². The summed E-state index contributed by atoms with van der Waals surface area (Å²) in [6.45, 7) is 0.936. The lowest BCUT2D eigenvalue weighted by Crippen LogP contribution is -2.33. The number of anilines is 2. The Morgan fingerprint density at radius 3 is 2.76 bits per heavy atom. The molecule has 2 aromatic rings. The van der Waals surface area contributed by atoms with Crippen molar-refractivity contribution in [3.05, 3.63) is 45.1 Å². The molecule has 0 bridgehead atoms. The van der Waals surface area contributed by atoms with Gasteiger partial charge >= 0.3 is 5.69 Å². The number of para-hydroxylation sites is 2. The topological polar surface area (TPSA) is 117 Å². The fourth-order valence-electron chi connectivity index (χ4n) is 1.97. The average molecular weight is 291 g/mol. The third-order valence-electron chi connectivity index (χ3n) is 2.91. The molecule has 112 valence electrons. The number of aromatic amines is 2. The van der Waals surface area contributed by atoms with Gasteiger partial charge in [0.2, 0.25) is 5.82 Å². The van der Waals surface area contributed by atoms with Gasteiger partial charge in [-0.05, 0) is 25.1 Å². The minimum atomic E-state index is -0.650. The summed E-state index contributed by atoms with van der Waals surface area (Å²) in [7, 11) is 1.55. The van der Waals surface area contributed by atoms with Gasteiger partial charge in [0.25, 0.3) is 5.56 Å². The highest BCUT2D eigenvalue weighted by Gasteiger charge is 2.18. The standard InChI is InChI=1S/C13H17N5O3/c1-21-10-6-3-2-5-9(10)18(8-4-7-14)11-12(19)15-13(20)17-16-11/h2-3,5-6H,4,7-8,14H2,1H3,(H2,15,17,19,20). The van der Waals surface area contributed by atoms with E-state index in [1.807, 2.05) is 18.2 Å². The molecular formula is C13H17N5O3. The molecule has 0 atom stereocenters. The smallest absolute Gasteiger partial charge is 0.342 e. The lowest BCUT2D eigenvalue weighted by Gasteiger charge is -2.24. The first-order valence-electron chi connectivity index (χ1n) is 6.47. The first kappa shape index (κ1) is 14.8. The molecule has 8 heteroatoms. The van der Waals surface area contributed by atoms with E-state index in [0.29, 0.717) is 30.9 Å². The fourth-order valence-corrected chi connectivity index (χ4v) is 1.97. The van der Waals surface area contributed by atoms with Crippen LogP contribution in [0.1, 0.15) is 6.42 Å². The van der Waals surface area contributed by atoms with Crippen molar-refractivity contribution in [2.45, 2.75) is 6.42 Å². The largest absolute Gasteiger partial charge is 0.495 e. The second kappa shape index (κ2) is 6.71. The lowest BCUT2D eigenvalue weighted by atomic mass is 10.2. The zero-order valence-corrected chi connectivity index (χ0v) is 11.6. The van der Waals surface area contributed by atoms with Gasteiger partial charge in [-0.15, -0.1) is 5.10 Å². The maximum atomic E-state index is 12.0. The Balaban J connectivity index is 2.52. The van der Waals surface area contributed by atoms with Crippen molar-refractivity contribution in [1.82, 2.24) is 15.2 Å². The number of hydrogen-bond acceptors (Lipinski definition) is 6. The summed E-state index contributed by atoms with van der Waals surface area (Å²) >= 11 is 0. The van der Waals surface area contributed by atoms with E-state index < -0.39 is 11.2 Å². The molecule has 21 heavy (non-hydrogen) atoms. The van der Waals surface area contributed by atoms with Crippen molar-refractivity contribution in [2.75, 3.05) is 25.1 Å². The van der Waals surface area contributed by atoms with E-state index in [0.717, 1.165) is 0 Å². The van der Waals surface area contributed by atoms with Crippen LogP contribution in [0.3, 0.4) is 0 Å². The maximum Gasteiger partial charge on any atom is 0.342 e. The van der Waals surface area contributed by atoms with Crippen LogP contribution in [0.2, 0.25) is 0 Å². The minimum Gasteiger partial charge on any atom is -0.495 e. The van der Waals surface area contributed by atoms with Gasteiger partial charge in [0, 0.05) is 6.54 Å². The van der Waals surface area contributed by atoms with Gasteiger partial charge in [-0.1, -0.05) is 12.1 Å². The molecule has 0 radical (unpaired) electrons. The van der Waals surface area contributed by atoms with Gasteiger partial charge in [0.05, 0.1) is 12.8 Å². The highest BCUT2D eigenvalue weighted by Crippen LogP contribution is 2.30. The van der Waals surface area contributed by atoms with Crippen LogP contribution in [0.15, 0.2) is 33.9 Å². The summed E-state index contributed by atoms with van der Waals surface area (Å²) < 4.78 is 5.31. The van der Waals surface area contributed by atoms with E-state index in [4.69, 9.17) is 10.5 Å². The highest BCUT2D eigenvalue weighted by molar-refractivity contribution is 5.66. The van der Waals surface area contributed by atoms with Gasteiger partial charge in [-0.25, -0.2) is 9.89 Å². The minimum absolute atomic E-state index is 0.0903. The van der Waals surface area contributed by atoms with Crippen molar-refractivity contribution in [3.8, 4) is 5.75 Å².